The van der Waals surface area contributed by atoms with Crippen molar-refractivity contribution in [2.75, 3.05) is 25.4 Å². The monoisotopic (exact) mass is 353 g/mol. The van der Waals surface area contributed by atoms with E-state index in [4.69, 9.17) is 0 Å². The Morgan fingerprint density at radius 2 is 1.75 bits per heavy atom. The van der Waals surface area contributed by atoms with Crippen LogP contribution in [0.3, 0.4) is 0 Å². The highest BCUT2D eigenvalue weighted by atomic mass is 32.2. The molecule has 0 aliphatic carbocycles. The van der Waals surface area contributed by atoms with Crippen LogP contribution in [0.15, 0.2) is 40.2 Å². The fraction of sp³-hybridized carbons (Fsp3) is 0.611. The van der Waals surface area contributed by atoms with Crippen molar-refractivity contribution in [1.29, 1.82) is 0 Å². The lowest BCUT2D eigenvalue weighted by Crippen LogP contribution is -2.38. The topological polar surface area (TPSA) is 70.6 Å². The van der Waals surface area contributed by atoms with Crippen molar-refractivity contribution < 1.29 is 8.42 Å². The predicted octanol–water partition coefficient (Wildman–Crippen LogP) is 2.84. The molecule has 2 N–H and O–H groups in total. The molecule has 0 aliphatic heterocycles. The molecule has 1 aromatic rings. The molecule has 0 atom stereocenters. The quantitative estimate of drug-likeness (QED) is 0.385. The van der Waals surface area contributed by atoms with Gasteiger partial charge in [-0.3, -0.25) is 4.99 Å². The summed E-state index contributed by atoms with van der Waals surface area (Å²) in [5, 5.41) is 6.43. The van der Waals surface area contributed by atoms with Crippen LogP contribution in [0.1, 0.15) is 40.0 Å². The molecule has 5 nitrogen and oxygen atoms in total. The van der Waals surface area contributed by atoms with Gasteiger partial charge in [0.2, 0.25) is 0 Å². The molecule has 136 valence electrons. The van der Waals surface area contributed by atoms with Gasteiger partial charge in [0.15, 0.2) is 15.8 Å². The highest BCUT2D eigenvalue weighted by Gasteiger charge is 2.13. The molecule has 0 fully saturated rings. The zero-order valence-electron chi connectivity index (χ0n) is 15.1. The minimum Gasteiger partial charge on any atom is -0.357 e. The van der Waals surface area contributed by atoms with Gasteiger partial charge < -0.3 is 10.6 Å². The molecule has 0 aliphatic rings. The maximum Gasteiger partial charge on any atom is 0.191 e. The average molecular weight is 354 g/mol. The smallest absolute Gasteiger partial charge is 0.191 e. The molecule has 6 heteroatoms. The van der Waals surface area contributed by atoms with E-state index >= 15 is 0 Å². The van der Waals surface area contributed by atoms with Crippen molar-refractivity contribution in [3.8, 4) is 0 Å². The van der Waals surface area contributed by atoms with Crippen molar-refractivity contribution in [1.82, 2.24) is 10.6 Å². The normalized spacial score (nSPS) is 12.4. The SMILES string of the molecule is CCNC(=NCC(CC)CC)NCCCS(=O)(=O)c1ccccc1. The Morgan fingerprint density at radius 3 is 2.33 bits per heavy atom. The van der Waals surface area contributed by atoms with E-state index in [1.165, 1.54) is 0 Å². The van der Waals surface area contributed by atoms with E-state index in [1.54, 1.807) is 24.3 Å². The van der Waals surface area contributed by atoms with E-state index in [-0.39, 0.29) is 5.75 Å². The highest BCUT2D eigenvalue weighted by Crippen LogP contribution is 2.10. The Hall–Kier alpha value is -1.56. The Kier molecular flexibility index (Phi) is 9.45. The average Bonchev–Trinajstić information content (AvgIpc) is 2.60. The molecule has 0 bridgehead atoms. The van der Waals surface area contributed by atoms with Crippen LogP contribution in [0.25, 0.3) is 0 Å². The van der Waals surface area contributed by atoms with E-state index in [1.807, 2.05) is 13.0 Å². The Labute approximate surface area is 146 Å². The highest BCUT2D eigenvalue weighted by molar-refractivity contribution is 7.91. The fourth-order valence-electron chi connectivity index (χ4n) is 2.32. The number of rotatable bonds is 10. The first-order valence-electron chi connectivity index (χ1n) is 8.83. The molecular weight excluding hydrogens is 322 g/mol. The molecule has 0 heterocycles. The van der Waals surface area contributed by atoms with Crippen molar-refractivity contribution in [3.05, 3.63) is 30.3 Å². The first-order valence-corrected chi connectivity index (χ1v) is 10.5. The van der Waals surface area contributed by atoms with Gasteiger partial charge >= 0.3 is 0 Å². The lowest BCUT2D eigenvalue weighted by molar-refractivity contribution is 0.504. The summed E-state index contributed by atoms with van der Waals surface area (Å²) in [4.78, 5) is 4.98. The van der Waals surface area contributed by atoms with Gasteiger partial charge in [-0.25, -0.2) is 8.42 Å². The second kappa shape index (κ2) is 11.1. The van der Waals surface area contributed by atoms with Crippen LogP contribution in [-0.4, -0.2) is 39.8 Å². The molecular formula is C18H31N3O2S. The number of guanidine groups is 1. The molecule has 0 spiro atoms. The van der Waals surface area contributed by atoms with Crippen LogP contribution in [-0.2, 0) is 9.84 Å². The van der Waals surface area contributed by atoms with Gasteiger partial charge in [0.05, 0.1) is 10.6 Å². The van der Waals surface area contributed by atoms with Gasteiger partial charge in [-0.2, -0.15) is 0 Å². The lowest BCUT2D eigenvalue weighted by atomic mass is 10.0. The van der Waals surface area contributed by atoms with E-state index in [9.17, 15) is 8.42 Å². The number of aliphatic imine (C=N–C) groups is 1. The van der Waals surface area contributed by atoms with E-state index in [0.717, 1.165) is 31.9 Å². The van der Waals surface area contributed by atoms with Crippen LogP contribution in [0, 0.1) is 5.92 Å². The van der Waals surface area contributed by atoms with Crippen molar-refractivity contribution in [2.24, 2.45) is 10.9 Å². The van der Waals surface area contributed by atoms with E-state index in [2.05, 4.69) is 29.5 Å². The van der Waals surface area contributed by atoms with Crippen LogP contribution in [0.2, 0.25) is 0 Å². The molecule has 1 rings (SSSR count). The summed E-state index contributed by atoms with van der Waals surface area (Å²) >= 11 is 0. The van der Waals surface area contributed by atoms with E-state index < -0.39 is 9.84 Å². The minimum atomic E-state index is -3.20. The molecule has 0 unspecified atom stereocenters. The molecule has 0 aromatic heterocycles. The molecule has 0 saturated carbocycles. The fourth-order valence-corrected chi connectivity index (χ4v) is 3.66. The third-order valence-corrected chi connectivity index (χ3v) is 5.81. The second-order valence-corrected chi connectivity index (χ2v) is 7.92. The molecule has 0 radical (unpaired) electrons. The third-order valence-electron chi connectivity index (χ3n) is 3.99. The maximum absolute atomic E-state index is 12.2. The Balaban J connectivity index is 2.46. The summed E-state index contributed by atoms with van der Waals surface area (Å²) in [6, 6.07) is 8.60. The molecule has 1 aromatic carbocycles. The number of sulfone groups is 1. The molecule has 0 amide bonds. The maximum atomic E-state index is 12.2. The van der Waals surface area contributed by atoms with Gasteiger partial charge in [0.25, 0.3) is 0 Å². The van der Waals surface area contributed by atoms with Crippen LogP contribution < -0.4 is 10.6 Å². The zero-order valence-corrected chi connectivity index (χ0v) is 15.9. The Bertz CT molecular complexity index is 582. The summed E-state index contributed by atoms with van der Waals surface area (Å²) < 4.78 is 24.4. The number of hydrogen-bond donors (Lipinski definition) is 2. The summed E-state index contributed by atoms with van der Waals surface area (Å²) in [7, 11) is -3.20. The predicted molar refractivity (Wildman–Crippen MR) is 101 cm³/mol. The number of hydrogen-bond acceptors (Lipinski definition) is 3. The third kappa shape index (κ3) is 7.34. The van der Waals surface area contributed by atoms with Gasteiger partial charge in [-0.15, -0.1) is 0 Å². The summed E-state index contributed by atoms with van der Waals surface area (Å²) in [6.07, 6.45) is 2.79. The first kappa shape index (κ1) is 20.5. The summed E-state index contributed by atoms with van der Waals surface area (Å²) in [5.74, 6) is 1.50. The standard InChI is InChI=1S/C18H31N3O2S/c1-4-16(5-2)15-21-18(19-6-3)20-13-10-14-24(22,23)17-11-8-7-9-12-17/h7-9,11-12,16H,4-6,10,13-15H2,1-3H3,(H2,19,20,21). The van der Waals surface area contributed by atoms with Gasteiger partial charge in [-0.1, -0.05) is 44.9 Å². The second-order valence-electron chi connectivity index (χ2n) is 5.81. The summed E-state index contributed by atoms with van der Waals surface area (Å²) in [5.41, 5.74) is 0. The van der Waals surface area contributed by atoms with Crippen LogP contribution >= 0.6 is 0 Å². The minimum absolute atomic E-state index is 0.135. The summed E-state index contributed by atoms with van der Waals surface area (Å²) in [6.45, 7) is 8.55. The van der Waals surface area contributed by atoms with Crippen molar-refractivity contribution in [2.45, 2.75) is 44.9 Å². The van der Waals surface area contributed by atoms with Gasteiger partial charge in [0, 0.05) is 19.6 Å². The zero-order chi connectivity index (χ0) is 17.8. The van der Waals surface area contributed by atoms with Crippen molar-refractivity contribution in [3.63, 3.8) is 0 Å². The molecule has 0 saturated heterocycles. The molecule has 24 heavy (non-hydrogen) atoms. The van der Waals surface area contributed by atoms with E-state index in [0.29, 0.717) is 23.8 Å². The van der Waals surface area contributed by atoms with Crippen LogP contribution in [0.4, 0.5) is 0 Å². The van der Waals surface area contributed by atoms with Crippen molar-refractivity contribution >= 4 is 15.8 Å². The van der Waals surface area contributed by atoms with Crippen LogP contribution in [0.5, 0.6) is 0 Å². The largest absolute Gasteiger partial charge is 0.357 e. The number of benzene rings is 1. The lowest BCUT2D eigenvalue weighted by Gasteiger charge is -2.14. The Morgan fingerprint density at radius 1 is 1.08 bits per heavy atom. The first-order chi connectivity index (χ1) is 11.5. The number of nitrogens with one attached hydrogen (secondary N) is 2. The number of nitrogens with zero attached hydrogens (tertiary/aromatic N) is 1. The van der Waals surface area contributed by atoms with Gasteiger partial charge in [-0.05, 0) is 31.4 Å². The van der Waals surface area contributed by atoms with Gasteiger partial charge in [0.1, 0.15) is 0 Å².